The second-order valence-corrected chi connectivity index (χ2v) is 6.74. The number of sulfonamides is 1. The van der Waals surface area contributed by atoms with E-state index in [4.69, 9.17) is 11.6 Å². The second kappa shape index (κ2) is 6.42. The van der Waals surface area contributed by atoms with Crippen molar-refractivity contribution in [1.29, 1.82) is 0 Å². The van der Waals surface area contributed by atoms with Crippen LogP contribution in [-0.4, -0.2) is 18.3 Å². The van der Waals surface area contributed by atoms with Crippen LogP contribution in [0.2, 0.25) is 5.02 Å². The normalized spacial score (nSPS) is 11.1. The van der Waals surface area contributed by atoms with Crippen LogP contribution < -0.4 is 4.72 Å². The van der Waals surface area contributed by atoms with E-state index in [9.17, 15) is 28.6 Å². The smallest absolute Gasteiger partial charge is 0.279 e. The van der Waals surface area contributed by atoms with E-state index in [1.165, 1.54) is 31.2 Å². The van der Waals surface area contributed by atoms with E-state index in [1.807, 2.05) is 0 Å². The van der Waals surface area contributed by atoms with Gasteiger partial charge in [-0.2, -0.15) is 0 Å². The number of nitrogens with zero attached hydrogens (tertiary/aromatic N) is 2. The van der Waals surface area contributed by atoms with Crippen molar-refractivity contribution >= 4 is 38.7 Å². The Morgan fingerprint density at radius 1 is 1.08 bits per heavy atom. The van der Waals surface area contributed by atoms with Crippen molar-refractivity contribution in [3.8, 4) is 0 Å². The first kappa shape index (κ1) is 17.6. The number of non-ortho nitro benzene ring substituents is 1. The van der Waals surface area contributed by atoms with Crippen LogP contribution in [0.15, 0.2) is 41.3 Å². The van der Waals surface area contributed by atoms with Gasteiger partial charge in [0.2, 0.25) is 0 Å². The van der Waals surface area contributed by atoms with E-state index in [2.05, 4.69) is 4.72 Å². The van der Waals surface area contributed by atoms with Gasteiger partial charge in [0, 0.05) is 17.7 Å². The molecule has 2 rings (SSSR count). The molecular formula is C13H10ClN3O6S. The zero-order valence-electron chi connectivity index (χ0n) is 12.1. The molecule has 0 spiro atoms. The molecule has 126 valence electrons. The lowest BCUT2D eigenvalue weighted by Crippen LogP contribution is -2.14. The highest BCUT2D eigenvalue weighted by Gasteiger charge is 2.27. The number of nitro benzene ring substituents is 2. The summed E-state index contributed by atoms with van der Waals surface area (Å²) in [6.45, 7) is 1.42. The molecule has 0 heterocycles. The van der Waals surface area contributed by atoms with E-state index >= 15 is 0 Å². The number of hydrogen-bond donors (Lipinski definition) is 1. The SMILES string of the molecule is Cc1ccc(S(=O)(=O)Nc2cccc([N+](=O)[O-])c2)c(Cl)c1[N+](=O)[O-]. The summed E-state index contributed by atoms with van der Waals surface area (Å²) in [6, 6.07) is 7.21. The van der Waals surface area contributed by atoms with Gasteiger partial charge in [-0.1, -0.05) is 23.7 Å². The van der Waals surface area contributed by atoms with Gasteiger partial charge >= 0.3 is 0 Å². The van der Waals surface area contributed by atoms with E-state index < -0.39 is 35.5 Å². The van der Waals surface area contributed by atoms with Crippen molar-refractivity contribution in [2.24, 2.45) is 0 Å². The van der Waals surface area contributed by atoms with Crippen molar-refractivity contribution in [2.45, 2.75) is 11.8 Å². The molecule has 9 nitrogen and oxygen atoms in total. The Hall–Kier alpha value is -2.72. The first-order chi connectivity index (χ1) is 11.1. The van der Waals surface area contributed by atoms with Crippen molar-refractivity contribution in [1.82, 2.24) is 0 Å². The average molecular weight is 372 g/mol. The maximum Gasteiger partial charge on any atom is 0.292 e. The van der Waals surface area contributed by atoms with Gasteiger partial charge in [0.25, 0.3) is 21.4 Å². The van der Waals surface area contributed by atoms with Gasteiger partial charge < -0.3 is 0 Å². The maximum atomic E-state index is 12.4. The highest BCUT2D eigenvalue weighted by molar-refractivity contribution is 7.92. The number of nitrogens with one attached hydrogen (secondary N) is 1. The summed E-state index contributed by atoms with van der Waals surface area (Å²) in [7, 11) is -4.27. The monoisotopic (exact) mass is 371 g/mol. The fourth-order valence-electron chi connectivity index (χ4n) is 1.97. The van der Waals surface area contributed by atoms with Crippen molar-refractivity contribution in [3.63, 3.8) is 0 Å². The van der Waals surface area contributed by atoms with Crippen LogP contribution >= 0.6 is 11.6 Å². The fourth-order valence-corrected chi connectivity index (χ4v) is 3.68. The highest BCUT2D eigenvalue weighted by Crippen LogP contribution is 2.35. The number of benzene rings is 2. The third-order valence-electron chi connectivity index (χ3n) is 3.06. The first-order valence-corrected chi connectivity index (χ1v) is 8.20. The molecule has 2 aromatic carbocycles. The summed E-state index contributed by atoms with van der Waals surface area (Å²) >= 11 is 5.87. The largest absolute Gasteiger partial charge is 0.292 e. The van der Waals surface area contributed by atoms with Crippen LogP contribution in [0.25, 0.3) is 0 Å². The Morgan fingerprint density at radius 2 is 1.75 bits per heavy atom. The van der Waals surface area contributed by atoms with Gasteiger partial charge in [0.15, 0.2) is 0 Å². The molecule has 1 N–H and O–H groups in total. The van der Waals surface area contributed by atoms with Gasteiger partial charge in [0.1, 0.15) is 9.92 Å². The van der Waals surface area contributed by atoms with Crippen LogP contribution in [-0.2, 0) is 10.0 Å². The number of aryl methyl sites for hydroxylation is 1. The molecule has 11 heteroatoms. The molecule has 24 heavy (non-hydrogen) atoms. The molecule has 0 aromatic heterocycles. The third kappa shape index (κ3) is 3.44. The predicted molar refractivity (Wildman–Crippen MR) is 86.7 cm³/mol. The zero-order chi connectivity index (χ0) is 18.1. The van der Waals surface area contributed by atoms with Crippen molar-refractivity contribution < 1.29 is 18.3 Å². The summed E-state index contributed by atoms with van der Waals surface area (Å²) in [5, 5.41) is 21.2. The van der Waals surface area contributed by atoms with E-state index in [-0.39, 0.29) is 16.9 Å². The summed E-state index contributed by atoms with van der Waals surface area (Å²) in [5.41, 5.74) is -0.683. The molecule has 0 aliphatic heterocycles. The molecular weight excluding hydrogens is 362 g/mol. The molecule has 0 atom stereocenters. The van der Waals surface area contributed by atoms with Crippen LogP contribution in [0.5, 0.6) is 0 Å². The standard InChI is InChI=1S/C13H10ClN3O6S/c1-8-5-6-11(12(14)13(8)17(20)21)24(22,23)15-9-3-2-4-10(7-9)16(18)19/h2-7,15H,1H3. The molecule has 0 radical (unpaired) electrons. The van der Waals surface area contributed by atoms with Gasteiger partial charge in [-0.25, -0.2) is 8.42 Å². The number of nitro groups is 2. The summed E-state index contributed by atoms with van der Waals surface area (Å²) in [5.74, 6) is 0. The minimum atomic E-state index is -4.27. The molecule has 0 bridgehead atoms. The Balaban J connectivity index is 2.49. The van der Waals surface area contributed by atoms with E-state index in [0.29, 0.717) is 0 Å². The van der Waals surface area contributed by atoms with Crippen LogP contribution in [0.3, 0.4) is 0 Å². The molecule has 0 aliphatic carbocycles. The lowest BCUT2D eigenvalue weighted by molar-refractivity contribution is -0.385. The minimum absolute atomic E-state index is 0.0662. The number of anilines is 1. The lowest BCUT2D eigenvalue weighted by atomic mass is 10.2. The average Bonchev–Trinajstić information content (AvgIpc) is 2.46. The Kier molecular flexibility index (Phi) is 4.71. The minimum Gasteiger partial charge on any atom is -0.279 e. The number of hydrogen-bond acceptors (Lipinski definition) is 6. The molecule has 0 saturated carbocycles. The van der Waals surface area contributed by atoms with Gasteiger partial charge in [-0.05, 0) is 19.1 Å². The maximum absolute atomic E-state index is 12.4. The van der Waals surface area contributed by atoms with Crippen LogP contribution in [0.4, 0.5) is 17.1 Å². The molecule has 0 fully saturated rings. The molecule has 2 aromatic rings. The molecule has 0 saturated heterocycles. The van der Waals surface area contributed by atoms with E-state index in [1.54, 1.807) is 0 Å². The predicted octanol–water partition coefficient (Wildman–Crippen LogP) is 3.27. The Labute approximate surface area is 141 Å². The number of rotatable bonds is 5. The summed E-state index contributed by atoms with van der Waals surface area (Å²) < 4.78 is 26.9. The highest BCUT2D eigenvalue weighted by atomic mass is 35.5. The lowest BCUT2D eigenvalue weighted by Gasteiger charge is -2.10. The summed E-state index contributed by atoms with van der Waals surface area (Å²) in [4.78, 5) is 19.8. The Bertz CT molecular complexity index is 945. The summed E-state index contributed by atoms with van der Waals surface area (Å²) in [6.07, 6.45) is 0. The molecule has 0 unspecified atom stereocenters. The quantitative estimate of drug-likeness (QED) is 0.633. The molecule has 0 aliphatic rings. The van der Waals surface area contributed by atoms with Gasteiger partial charge in [0.05, 0.1) is 15.5 Å². The fraction of sp³-hybridized carbons (Fsp3) is 0.0769. The van der Waals surface area contributed by atoms with E-state index in [0.717, 1.165) is 12.1 Å². The Morgan fingerprint density at radius 3 is 2.33 bits per heavy atom. The zero-order valence-corrected chi connectivity index (χ0v) is 13.7. The van der Waals surface area contributed by atoms with Crippen LogP contribution in [0, 0.1) is 27.2 Å². The van der Waals surface area contributed by atoms with Crippen molar-refractivity contribution in [3.05, 3.63) is 67.2 Å². The van der Waals surface area contributed by atoms with Crippen LogP contribution in [0.1, 0.15) is 5.56 Å². The van der Waals surface area contributed by atoms with Gasteiger partial charge in [-0.15, -0.1) is 0 Å². The topological polar surface area (TPSA) is 132 Å². The van der Waals surface area contributed by atoms with Gasteiger partial charge in [-0.3, -0.25) is 25.0 Å². The molecule has 0 amide bonds. The first-order valence-electron chi connectivity index (χ1n) is 6.34. The second-order valence-electron chi connectivity index (χ2n) is 4.71. The third-order valence-corrected chi connectivity index (χ3v) is 4.98. The van der Waals surface area contributed by atoms with Crippen molar-refractivity contribution in [2.75, 3.05) is 4.72 Å². The number of halogens is 1.